The Bertz CT molecular complexity index is 555. The average molecular weight is 365 g/mol. The molecule has 0 saturated carbocycles. The molecule has 0 bridgehead atoms. The number of carbonyl (C=O) groups excluding carboxylic acids is 1. The van der Waals surface area contributed by atoms with Crippen molar-refractivity contribution in [3.63, 3.8) is 0 Å². The van der Waals surface area contributed by atoms with E-state index in [0.29, 0.717) is 5.41 Å². The zero-order valence-corrected chi connectivity index (χ0v) is 17.6. The fourth-order valence-electron chi connectivity index (χ4n) is 3.74. The van der Waals surface area contributed by atoms with E-state index < -0.39 is 0 Å². The smallest absolute Gasteiger partial charge is 0.252 e. The van der Waals surface area contributed by atoms with E-state index in [1.54, 1.807) is 11.3 Å². The van der Waals surface area contributed by atoms with Gasteiger partial charge in [0.05, 0.1) is 5.56 Å². The van der Waals surface area contributed by atoms with E-state index in [1.165, 1.54) is 16.9 Å². The first-order valence-corrected chi connectivity index (χ1v) is 10.8. The highest BCUT2D eigenvalue weighted by Gasteiger charge is 2.31. The van der Waals surface area contributed by atoms with Gasteiger partial charge in [0.1, 0.15) is 0 Å². The highest BCUT2D eigenvalue weighted by atomic mass is 32.1. The Morgan fingerprint density at radius 2 is 2.00 bits per heavy atom. The van der Waals surface area contributed by atoms with E-state index >= 15 is 0 Å². The summed E-state index contributed by atoms with van der Waals surface area (Å²) in [6, 6.07) is 0. The fraction of sp³-hybridized carbons (Fsp3) is 0.762. The van der Waals surface area contributed by atoms with Crippen molar-refractivity contribution >= 4 is 17.2 Å². The number of hydrogen-bond acceptors (Lipinski definition) is 3. The maximum absolute atomic E-state index is 12.6. The largest absolute Gasteiger partial charge is 0.352 e. The van der Waals surface area contributed by atoms with Crippen LogP contribution in [0.4, 0.5) is 0 Å². The van der Waals surface area contributed by atoms with Crippen molar-refractivity contribution in [1.29, 1.82) is 0 Å². The number of rotatable bonds is 8. The number of unbranched alkanes of at least 4 members (excludes halogenated alkanes) is 1. The monoisotopic (exact) mass is 364 g/mol. The van der Waals surface area contributed by atoms with Crippen LogP contribution in [0.5, 0.6) is 0 Å². The first-order valence-electron chi connectivity index (χ1n) is 9.96. The van der Waals surface area contributed by atoms with E-state index in [4.69, 9.17) is 0 Å². The average Bonchev–Trinajstić information content (AvgIpc) is 3.00. The van der Waals surface area contributed by atoms with Crippen molar-refractivity contribution in [1.82, 2.24) is 10.2 Å². The SMILES string of the molecule is CCN(CC)CCCCNC(=O)c1csc2c1CCC(C(C)(C)C)C2. The quantitative estimate of drug-likeness (QED) is 0.675. The molecule has 0 spiro atoms. The molecule has 1 unspecified atom stereocenters. The summed E-state index contributed by atoms with van der Waals surface area (Å²) in [5, 5.41) is 5.22. The van der Waals surface area contributed by atoms with Crippen LogP contribution in [0.3, 0.4) is 0 Å². The van der Waals surface area contributed by atoms with Crippen LogP contribution in [-0.2, 0) is 12.8 Å². The Morgan fingerprint density at radius 1 is 1.28 bits per heavy atom. The summed E-state index contributed by atoms with van der Waals surface area (Å²) in [5.41, 5.74) is 2.62. The number of hydrogen-bond donors (Lipinski definition) is 1. The molecule has 142 valence electrons. The van der Waals surface area contributed by atoms with Crippen molar-refractivity contribution in [2.45, 2.75) is 66.7 Å². The number of thiophene rings is 1. The van der Waals surface area contributed by atoms with Gasteiger partial charge in [-0.05, 0) is 68.6 Å². The highest BCUT2D eigenvalue weighted by molar-refractivity contribution is 7.10. The molecule has 1 aliphatic carbocycles. The zero-order chi connectivity index (χ0) is 18.4. The second kappa shape index (κ2) is 9.18. The molecule has 1 aliphatic rings. The van der Waals surface area contributed by atoms with Crippen LogP contribution >= 0.6 is 11.3 Å². The predicted molar refractivity (Wildman–Crippen MR) is 109 cm³/mol. The van der Waals surface area contributed by atoms with E-state index in [0.717, 1.165) is 63.3 Å². The Morgan fingerprint density at radius 3 is 2.64 bits per heavy atom. The summed E-state index contributed by atoms with van der Waals surface area (Å²) in [5.74, 6) is 0.865. The molecule has 1 aromatic heterocycles. The summed E-state index contributed by atoms with van der Waals surface area (Å²) < 4.78 is 0. The standard InChI is InChI=1S/C21H36N2OS/c1-6-23(7-2)13-9-8-12-22-20(24)18-15-25-19-14-16(21(3,4)5)10-11-17(18)19/h15-16H,6-14H2,1-5H3,(H,22,24). The molecule has 4 heteroatoms. The fourth-order valence-corrected chi connectivity index (χ4v) is 4.90. The van der Waals surface area contributed by atoms with Gasteiger partial charge in [-0.1, -0.05) is 34.6 Å². The van der Waals surface area contributed by atoms with Crippen LogP contribution in [-0.4, -0.2) is 37.0 Å². The first kappa shape index (κ1) is 20.4. The zero-order valence-electron chi connectivity index (χ0n) is 16.8. The Labute approximate surface area is 158 Å². The molecule has 25 heavy (non-hydrogen) atoms. The summed E-state index contributed by atoms with van der Waals surface area (Å²) in [4.78, 5) is 16.4. The maximum Gasteiger partial charge on any atom is 0.252 e. The van der Waals surface area contributed by atoms with E-state index in [1.807, 2.05) is 0 Å². The van der Waals surface area contributed by atoms with Gasteiger partial charge in [0, 0.05) is 16.8 Å². The molecule has 0 aliphatic heterocycles. The van der Waals surface area contributed by atoms with Gasteiger partial charge in [-0.2, -0.15) is 0 Å². The van der Waals surface area contributed by atoms with Crippen molar-refractivity contribution in [3.05, 3.63) is 21.4 Å². The second-order valence-corrected chi connectivity index (χ2v) is 9.31. The molecule has 1 heterocycles. The molecule has 1 atom stereocenters. The third-order valence-electron chi connectivity index (χ3n) is 5.71. The molecule has 1 N–H and O–H groups in total. The lowest BCUT2D eigenvalue weighted by Gasteiger charge is -2.34. The minimum absolute atomic E-state index is 0.134. The molecule has 0 fully saturated rings. The Hall–Kier alpha value is -0.870. The lowest BCUT2D eigenvalue weighted by molar-refractivity contribution is 0.0951. The van der Waals surface area contributed by atoms with Crippen molar-refractivity contribution in [2.24, 2.45) is 11.3 Å². The molecule has 1 aromatic rings. The normalized spacial score (nSPS) is 17.6. The predicted octanol–water partition coefficient (Wildman–Crippen LogP) is 4.75. The number of nitrogens with one attached hydrogen (secondary N) is 1. The van der Waals surface area contributed by atoms with Crippen LogP contribution < -0.4 is 5.32 Å². The van der Waals surface area contributed by atoms with Gasteiger partial charge in [0.2, 0.25) is 0 Å². The highest BCUT2D eigenvalue weighted by Crippen LogP contribution is 2.40. The van der Waals surface area contributed by atoms with Gasteiger partial charge in [0.15, 0.2) is 0 Å². The van der Waals surface area contributed by atoms with Gasteiger partial charge in [-0.25, -0.2) is 0 Å². The van der Waals surface area contributed by atoms with Crippen LogP contribution in [0.25, 0.3) is 0 Å². The summed E-state index contributed by atoms with van der Waals surface area (Å²) in [6.45, 7) is 15.6. The lowest BCUT2D eigenvalue weighted by Crippen LogP contribution is -2.29. The van der Waals surface area contributed by atoms with Crippen molar-refractivity contribution in [3.8, 4) is 0 Å². The molecule has 0 aromatic carbocycles. The van der Waals surface area contributed by atoms with Crippen LogP contribution in [0.2, 0.25) is 0 Å². The van der Waals surface area contributed by atoms with Gasteiger partial charge in [0.25, 0.3) is 5.91 Å². The van der Waals surface area contributed by atoms with Crippen LogP contribution in [0.15, 0.2) is 5.38 Å². The lowest BCUT2D eigenvalue weighted by atomic mass is 9.72. The third kappa shape index (κ3) is 5.55. The van der Waals surface area contributed by atoms with Crippen molar-refractivity contribution in [2.75, 3.05) is 26.2 Å². The van der Waals surface area contributed by atoms with Gasteiger partial charge < -0.3 is 10.2 Å². The molecular weight excluding hydrogens is 328 g/mol. The van der Waals surface area contributed by atoms with E-state index in [-0.39, 0.29) is 5.91 Å². The molecule has 1 amide bonds. The molecule has 0 saturated heterocycles. The third-order valence-corrected chi connectivity index (χ3v) is 6.76. The molecular formula is C21H36N2OS. The number of carbonyl (C=O) groups is 1. The summed E-state index contributed by atoms with van der Waals surface area (Å²) in [6.07, 6.45) is 5.61. The summed E-state index contributed by atoms with van der Waals surface area (Å²) >= 11 is 1.79. The Kier molecular flexibility index (Phi) is 7.51. The van der Waals surface area contributed by atoms with Crippen LogP contribution in [0, 0.1) is 11.3 Å². The minimum Gasteiger partial charge on any atom is -0.352 e. The molecule has 0 radical (unpaired) electrons. The van der Waals surface area contributed by atoms with Gasteiger partial charge >= 0.3 is 0 Å². The minimum atomic E-state index is 0.134. The number of fused-ring (bicyclic) bond motifs is 1. The van der Waals surface area contributed by atoms with Gasteiger partial charge in [-0.15, -0.1) is 11.3 Å². The van der Waals surface area contributed by atoms with Crippen LogP contribution in [0.1, 0.15) is 74.7 Å². The molecule has 3 nitrogen and oxygen atoms in total. The van der Waals surface area contributed by atoms with Crippen molar-refractivity contribution < 1.29 is 4.79 Å². The first-order chi connectivity index (χ1) is 11.9. The second-order valence-electron chi connectivity index (χ2n) is 8.35. The van der Waals surface area contributed by atoms with E-state index in [2.05, 4.69) is 50.2 Å². The summed E-state index contributed by atoms with van der Waals surface area (Å²) in [7, 11) is 0. The number of amides is 1. The number of nitrogens with zero attached hydrogens (tertiary/aromatic N) is 1. The maximum atomic E-state index is 12.6. The van der Waals surface area contributed by atoms with E-state index in [9.17, 15) is 4.79 Å². The Balaban J connectivity index is 1.81. The van der Waals surface area contributed by atoms with Gasteiger partial charge in [-0.3, -0.25) is 4.79 Å². The topological polar surface area (TPSA) is 32.3 Å². The molecule has 2 rings (SSSR count).